The van der Waals surface area contributed by atoms with Crippen LogP contribution >= 0.6 is 0 Å². The average Bonchev–Trinajstić information content (AvgIpc) is 2.87. The highest BCUT2D eigenvalue weighted by atomic mass is 16.5. The summed E-state index contributed by atoms with van der Waals surface area (Å²) in [6, 6.07) is 8.48. The largest absolute Gasteiger partial charge is 0.469 e. The third-order valence-corrected chi connectivity index (χ3v) is 4.33. The molecule has 0 saturated carbocycles. The molecule has 3 rings (SSSR count). The van der Waals surface area contributed by atoms with Crippen LogP contribution in [0.5, 0.6) is 0 Å². The van der Waals surface area contributed by atoms with E-state index in [1.807, 2.05) is 0 Å². The highest BCUT2D eigenvalue weighted by Gasteiger charge is 2.50. The van der Waals surface area contributed by atoms with E-state index >= 15 is 0 Å². The van der Waals surface area contributed by atoms with Crippen LogP contribution in [-0.4, -0.2) is 24.0 Å². The van der Waals surface area contributed by atoms with Gasteiger partial charge in [0, 0.05) is 17.6 Å². The Labute approximate surface area is 139 Å². The van der Waals surface area contributed by atoms with Gasteiger partial charge in [-0.15, -0.1) is 0 Å². The number of methoxy groups -OCH3 is 1. The van der Waals surface area contributed by atoms with Gasteiger partial charge < -0.3 is 10.1 Å². The van der Waals surface area contributed by atoms with E-state index in [1.54, 1.807) is 43.5 Å². The Morgan fingerprint density at radius 3 is 2.83 bits per heavy atom. The van der Waals surface area contributed by atoms with Crippen LogP contribution in [0.1, 0.15) is 23.2 Å². The lowest BCUT2D eigenvalue weighted by Crippen LogP contribution is -2.39. The third kappa shape index (κ3) is 2.22. The van der Waals surface area contributed by atoms with E-state index < -0.39 is 11.4 Å². The number of fused-ring (bicyclic) bond motifs is 1. The van der Waals surface area contributed by atoms with Crippen molar-refractivity contribution in [2.45, 2.75) is 18.8 Å². The number of benzene rings is 1. The maximum atomic E-state index is 12.9. The van der Waals surface area contributed by atoms with Crippen LogP contribution in [0, 0.1) is 13.5 Å². The summed E-state index contributed by atoms with van der Waals surface area (Å²) in [6.45, 7) is 9.02. The van der Waals surface area contributed by atoms with Crippen LogP contribution in [-0.2, 0) is 19.7 Å². The van der Waals surface area contributed by atoms with Gasteiger partial charge in [-0.3, -0.25) is 14.6 Å². The molecule has 1 aliphatic heterocycles. The standard InChI is InChI=1S/C18H15N3O3/c1-11-13(5-4-8-20-11)18(10-16(22)24-3)14-9-12(19-2)6-7-15(14)21-17(18)23/h4-9H,10H2,1,3H3,(H,21,23). The zero-order valence-electron chi connectivity index (χ0n) is 13.3. The molecule has 6 heteroatoms. The van der Waals surface area contributed by atoms with Crippen LogP contribution < -0.4 is 5.32 Å². The maximum absolute atomic E-state index is 12.9. The molecule has 24 heavy (non-hydrogen) atoms. The molecule has 2 heterocycles. The molecule has 6 nitrogen and oxygen atoms in total. The molecule has 1 unspecified atom stereocenters. The normalized spacial score (nSPS) is 18.5. The van der Waals surface area contributed by atoms with Gasteiger partial charge in [0.2, 0.25) is 5.91 Å². The van der Waals surface area contributed by atoms with E-state index in [-0.39, 0.29) is 12.3 Å². The summed E-state index contributed by atoms with van der Waals surface area (Å²) in [7, 11) is 1.29. The molecular weight excluding hydrogens is 306 g/mol. The van der Waals surface area contributed by atoms with Crippen molar-refractivity contribution < 1.29 is 14.3 Å². The maximum Gasteiger partial charge on any atom is 0.307 e. The van der Waals surface area contributed by atoms with Crippen molar-refractivity contribution in [2.24, 2.45) is 0 Å². The van der Waals surface area contributed by atoms with Gasteiger partial charge in [-0.1, -0.05) is 12.1 Å². The van der Waals surface area contributed by atoms with Crippen molar-refractivity contribution in [2.75, 3.05) is 12.4 Å². The number of aryl methyl sites for hydroxylation is 1. The fourth-order valence-electron chi connectivity index (χ4n) is 3.18. The van der Waals surface area contributed by atoms with E-state index in [4.69, 9.17) is 11.3 Å². The molecule has 1 aromatic carbocycles. The molecule has 0 spiro atoms. The number of nitrogens with zero attached hydrogens (tertiary/aromatic N) is 2. The Morgan fingerprint density at radius 2 is 2.17 bits per heavy atom. The number of anilines is 1. The minimum Gasteiger partial charge on any atom is -0.469 e. The molecular formula is C18H15N3O3. The summed E-state index contributed by atoms with van der Waals surface area (Å²) in [5.74, 6) is -0.824. The van der Waals surface area contributed by atoms with Crippen LogP contribution in [0.4, 0.5) is 11.4 Å². The third-order valence-electron chi connectivity index (χ3n) is 4.33. The monoisotopic (exact) mass is 321 g/mol. The first-order valence-electron chi connectivity index (χ1n) is 7.35. The average molecular weight is 321 g/mol. The number of hydrogen-bond acceptors (Lipinski definition) is 4. The first-order valence-corrected chi connectivity index (χ1v) is 7.35. The number of esters is 1. The number of nitrogens with one attached hydrogen (secondary N) is 1. The second-order valence-electron chi connectivity index (χ2n) is 5.59. The van der Waals surface area contributed by atoms with Gasteiger partial charge in [0.15, 0.2) is 5.69 Å². The summed E-state index contributed by atoms with van der Waals surface area (Å²) < 4.78 is 4.82. The molecule has 2 aromatic rings. The summed E-state index contributed by atoms with van der Waals surface area (Å²) >= 11 is 0. The Morgan fingerprint density at radius 1 is 1.38 bits per heavy atom. The number of carbonyl (C=O) groups excluding carboxylic acids is 2. The van der Waals surface area contributed by atoms with Gasteiger partial charge in [-0.05, 0) is 36.2 Å². The van der Waals surface area contributed by atoms with Crippen molar-refractivity contribution in [1.29, 1.82) is 0 Å². The first kappa shape index (κ1) is 15.7. The van der Waals surface area contributed by atoms with E-state index in [0.717, 1.165) is 0 Å². The minimum absolute atomic E-state index is 0.156. The van der Waals surface area contributed by atoms with Gasteiger partial charge in [-0.2, -0.15) is 0 Å². The molecule has 0 fully saturated rings. The predicted octanol–water partition coefficient (Wildman–Crippen LogP) is 2.74. The fourth-order valence-corrected chi connectivity index (χ4v) is 3.18. The second-order valence-corrected chi connectivity index (χ2v) is 5.59. The first-order chi connectivity index (χ1) is 11.5. The summed E-state index contributed by atoms with van der Waals surface area (Å²) in [4.78, 5) is 32.7. The van der Waals surface area contributed by atoms with Crippen molar-refractivity contribution >= 4 is 23.3 Å². The Hall–Kier alpha value is -3.20. The fraction of sp³-hybridized carbons (Fsp3) is 0.222. The summed E-state index contributed by atoms with van der Waals surface area (Å²) in [5, 5.41) is 2.82. The molecule has 1 aromatic heterocycles. The lowest BCUT2D eigenvalue weighted by Gasteiger charge is -2.28. The van der Waals surface area contributed by atoms with Gasteiger partial charge in [0.05, 0.1) is 20.1 Å². The lowest BCUT2D eigenvalue weighted by molar-refractivity contribution is -0.143. The minimum atomic E-state index is -1.25. The topological polar surface area (TPSA) is 72.6 Å². The molecule has 120 valence electrons. The molecule has 0 radical (unpaired) electrons. The lowest BCUT2D eigenvalue weighted by atomic mass is 9.72. The quantitative estimate of drug-likeness (QED) is 0.697. The van der Waals surface area contributed by atoms with E-state index in [1.165, 1.54) is 7.11 Å². The molecule has 0 bridgehead atoms. The molecule has 1 aliphatic rings. The Bertz CT molecular complexity index is 885. The van der Waals surface area contributed by atoms with Crippen molar-refractivity contribution in [3.8, 4) is 0 Å². The smallest absolute Gasteiger partial charge is 0.307 e. The van der Waals surface area contributed by atoms with E-state index in [0.29, 0.717) is 28.2 Å². The highest BCUT2D eigenvalue weighted by molar-refractivity contribution is 6.11. The molecule has 0 saturated heterocycles. The van der Waals surface area contributed by atoms with Crippen molar-refractivity contribution in [1.82, 2.24) is 4.98 Å². The molecule has 1 atom stereocenters. The van der Waals surface area contributed by atoms with Crippen molar-refractivity contribution in [3.63, 3.8) is 0 Å². The van der Waals surface area contributed by atoms with Gasteiger partial charge >= 0.3 is 5.97 Å². The zero-order valence-corrected chi connectivity index (χ0v) is 13.3. The number of pyridine rings is 1. The summed E-state index contributed by atoms with van der Waals surface area (Å²) in [6.07, 6.45) is 1.48. The second kappa shape index (κ2) is 5.78. The number of hydrogen-bond donors (Lipinski definition) is 1. The SMILES string of the molecule is [C-]#[N+]c1ccc2c(c1)C(CC(=O)OC)(c1cccnc1C)C(=O)N2. The highest BCUT2D eigenvalue weighted by Crippen LogP contribution is 2.47. The number of aromatic nitrogens is 1. The van der Waals surface area contributed by atoms with Crippen LogP contribution in [0.2, 0.25) is 0 Å². The van der Waals surface area contributed by atoms with Gasteiger partial charge in [0.25, 0.3) is 0 Å². The summed E-state index contributed by atoms with van der Waals surface area (Å²) in [5.41, 5.74) is 1.64. The zero-order chi connectivity index (χ0) is 17.3. The predicted molar refractivity (Wildman–Crippen MR) is 87.7 cm³/mol. The van der Waals surface area contributed by atoms with Crippen LogP contribution in [0.15, 0.2) is 36.5 Å². The number of ether oxygens (including phenoxy) is 1. The Balaban J connectivity index is 2.32. The van der Waals surface area contributed by atoms with E-state index in [9.17, 15) is 9.59 Å². The van der Waals surface area contributed by atoms with Crippen molar-refractivity contribution in [3.05, 3.63) is 64.8 Å². The molecule has 1 N–H and O–H groups in total. The van der Waals surface area contributed by atoms with Gasteiger partial charge in [0.1, 0.15) is 5.41 Å². The molecule has 1 amide bonds. The van der Waals surface area contributed by atoms with Crippen LogP contribution in [0.3, 0.4) is 0 Å². The molecule has 0 aliphatic carbocycles. The number of rotatable bonds is 3. The van der Waals surface area contributed by atoms with Crippen LogP contribution in [0.25, 0.3) is 4.85 Å². The Kier molecular flexibility index (Phi) is 3.78. The van der Waals surface area contributed by atoms with E-state index in [2.05, 4.69) is 15.1 Å². The number of carbonyl (C=O) groups is 2. The van der Waals surface area contributed by atoms with Gasteiger partial charge in [-0.25, -0.2) is 4.85 Å². The number of amides is 1.